The molecular formula is C23H28Cl2N2O3S. The number of rotatable bonds is 7. The molecule has 1 fully saturated rings. The van der Waals surface area contributed by atoms with Crippen LogP contribution in [0, 0.1) is 6.92 Å². The highest BCUT2D eigenvalue weighted by molar-refractivity contribution is 7.89. The van der Waals surface area contributed by atoms with Gasteiger partial charge in [-0.25, -0.2) is 8.42 Å². The molecule has 0 unspecified atom stereocenters. The Morgan fingerprint density at radius 2 is 1.68 bits per heavy atom. The molecule has 3 rings (SSSR count). The van der Waals surface area contributed by atoms with Crippen LogP contribution >= 0.6 is 23.2 Å². The summed E-state index contributed by atoms with van der Waals surface area (Å²) >= 11 is 12.3. The molecule has 0 aromatic heterocycles. The van der Waals surface area contributed by atoms with E-state index in [1.807, 2.05) is 6.92 Å². The van der Waals surface area contributed by atoms with Crippen LogP contribution in [0.25, 0.3) is 0 Å². The Hall–Kier alpha value is -1.60. The van der Waals surface area contributed by atoms with E-state index in [0.717, 1.165) is 31.2 Å². The van der Waals surface area contributed by atoms with Crippen molar-refractivity contribution in [1.82, 2.24) is 9.62 Å². The molecule has 8 heteroatoms. The standard InChI is InChI=1S/C23H28Cl2N2O3S/c1-17-8-12-21(13-9-17)31(29,30)27(15-18-10-11-19(24)14-22(18)25)16-23(28)26-20-6-4-2-3-5-7-20/h8-14,20H,2-7,15-16H2,1H3,(H,26,28). The number of hydrogen-bond donors (Lipinski definition) is 1. The molecule has 0 atom stereocenters. The van der Waals surface area contributed by atoms with Crippen molar-refractivity contribution in [2.75, 3.05) is 6.54 Å². The molecule has 1 amide bonds. The number of halogens is 2. The molecule has 5 nitrogen and oxygen atoms in total. The van der Waals surface area contributed by atoms with Crippen LogP contribution in [0.4, 0.5) is 0 Å². The van der Waals surface area contributed by atoms with Crippen molar-refractivity contribution in [3.05, 3.63) is 63.6 Å². The van der Waals surface area contributed by atoms with Crippen LogP contribution in [0.3, 0.4) is 0 Å². The molecule has 1 aliphatic rings. The summed E-state index contributed by atoms with van der Waals surface area (Å²) in [5.41, 5.74) is 1.54. The molecule has 2 aromatic carbocycles. The predicted octanol–water partition coefficient (Wildman–Crippen LogP) is 5.33. The molecule has 0 radical (unpaired) electrons. The molecule has 0 aliphatic heterocycles. The SMILES string of the molecule is Cc1ccc(S(=O)(=O)N(CC(=O)NC2CCCCCC2)Cc2ccc(Cl)cc2Cl)cc1. The van der Waals surface area contributed by atoms with Gasteiger partial charge in [0, 0.05) is 22.6 Å². The molecule has 0 spiro atoms. The first kappa shape index (κ1) is 24.1. The lowest BCUT2D eigenvalue weighted by Crippen LogP contribution is -2.43. The monoisotopic (exact) mass is 482 g/mol. The molecule has 2 aromatic rings. The second-order valence-corrected chi connectivity index (χ2v) is 10.9. The van der Waals surface area contributed by atoms with Gasteiger partial charge in [-0.15, -0.1) is 0 Å². The smallest absolute Gasteiger partial charge is 0.243 e. The molecule has 1 aliphatic carbocycles. The van der Waals surface area contributed by atoms with E-state index in [9.17, 15) is 13.2 Å². The van der Waals surface area contributed by atoms with Crippen LogP contribution in [-0.2, 0) is 21.4 Å². The molecule has 1 saturated carbocycles. The Bertz CT molecular complexity index is 1000. The van der Waals surface area contributed by atoms with Crippen LogP contribution in [0.5, 0.6) is 0 Å². The van der Waals surface area contributed by atoms with Crippen molar-refractivity contribution in [1.29, 1.82) is 0 Å². The van der Waals surface area contributed by atoms with E-state index in [2.05, 4.69) is 5.32 Å². The fourth-order valence-corrected chi connectivity index (χ4v) is 5.62. The normalized spacial score (nSPS) is 15.6. The third-order valence-electron chi connectivity index (χ3n) is 5.56. The molecule has 0 bridgehead atoms. The zero-order valence-corrected chi connectivity index (χ0v) is 19.9. The van der Waals surface area contributed by atoms with Crippen molar-refractivity contribution in [2.24, 2.45) is 0 Å². The summed E-state index contributed by atoms with van der Waals surface area (Å²) in [5.74, 6) is -0.298. The number of nitrogens with one attached hydrogen (secondary N) is 1. The second kappa shape index (κ2) is 10.8. The zero-order chi connectivity index (χ0) is 22.4. The average Bonchev–Trinajstić information content (AvgIpc) is 2.98. The third-order valence-corrected chi connectivity index (χ3v) is 7.95. The maximum atomic E-state index is 13.4. The lowest BCUT2D eigenvalue weighted by Gasteiger charge is -2.24. The number of amides is 1. The molecule has 1 N–H and O–H groups in total. The Morgan fingerprint density at radius 3 is 2.29 bits per heavy atom. The summed E-state index contributed by atoms with van der Waals surface area (Å²) in [6.07, 6.45) is 6.37. The minimum absolute atomic E-state index is 0.0235. The van der Waals surface area contributed by atoms with Gasteiger partial charge in [-0.2, -0.15) is 4.31 Å². The van der Waals surface area contributed by atoms with Gasteiger partial charge in [0.15, 0.2) is 0 Å². The largest absolute Gasteiger partial charge is 0.352 e. The van der Waals surface area contributed by atoms with E-state index in [4.69, 9.17) is 23.2 Å². The number of sulfonamides is 1. The third kappa shape index (κ3) is 6.69. The van der Waals surface area contributed by atoms with Crippen molar-refractivity contribution in [3.8, 4) is 0 Å². The van der Waals surface area contributed by atoms with Gasteiger partial charge < -0.3 is 5.32 Å². The van der Waals surface area contributed by atoms with Gasteiger partial charge in [-0.3, -0.25) is 4.79 Å². The number of carbonyl (C=O) groups is 1. The molecule has 168 valence electrons. The maximum absolute atomic E-state index is 13.4. The highest BCUT2D eigenvalue weighted by Crippen LogP contribution is 2.25. The first-order valence-corrected chi connectivity index (χ1v) is 12.8. The molecule has 0 saturated heterocycles. The number of benzene rings is 2. The van der Waals surface area contributed by atoms with Crippen LogP contribution in [0.2, 0.25) is 10.0 Å². The van der Waals surface area contributed by atoms with Crippen LogP contribution < -0.4 is 5.32 Å². The van der Waals surface area contributed by atoms with Gasteiger partial charge in [0.2, 0.25) is 15.9 Å². The summed E-state index contributed by atoms with van der Waals surface area (Å²) in [7, 11) is -3.91. The van der Waals surface area contributed by atoms with Gasteiger partial charge in [0.25, 0.3) is 0 Å². The Kier molecular flexibility index (Phi) is 8.39. The fourth-order valence-electron chi connectivity index (χ4n) is 3.78. The van der Waals surface area contributed by atoms with Crippen LogP contribution in [0.1, 0.15) is 49.7 Å². The minimum Gasteiger partial charge on any atom is -0.352 e. The lowest BCUT2D eigenvalue weighted by molar-refractivity contribution is -0.122. The average molecular weight is 483 g/mol. The van der Waals surface area contributed by atoms with Gasteiger partial charge in [0.1, 0.15) is 0 Å². The van der Waals surface area contributed by atoms with Crippen molar-refractivity contribution >= 4 is 39.1 Å². The first-order chi connectivity index (χ1) is 14.8. The summed E-state index contributed by atoms with van der Waals surface area (Å²) in [6.45, 7) is 1.60. The summed E-state index contributed by atoms with van der Waals surface area (Å²) in [5, 5.41) is 3.86. The molecule has 0 heterocycles. The Morgan fingerprint density at radius 1 is 1.03 bits per heavy atom. The predicted molar refractivity (Wildman–Crippen MR) is 125 cm³/mol. The highest BCUT2D eigenvalue weighted by atomic mass is 35.5. The minimum atomic E-state index is -3.91. The van der Waals surface area contributed by atoms with Crippen molar-refractivity contribution < 1.29 is 13.2 Å². The van der Waals surface area contributed by atoms with Gasteiger partial charge >= 0.3 is 0 Å². The van der Waals surface area contributed by atoms with Gasteiger partial charge in [0.05, 0.1) is 11.4 Å². The van der Waals surface area contributed by atoms with Crippen molar-refractivity contribution in [3.63, 3.8) is 0 Å². The Labute approximate surface area is 194 Å². The van der Waals surface area contributed by atoms with E-state index < -0.39 is 10.0 Å². The number of aryl methyl sites for hydroxylation is 1. The molecular weight excluding hydrogens is 455 g/mol. The number of nitrogens with zero attached hydrogens (tertiary/aromatic N) is 1. The summed E-state index contributed by atoms with van der Waals surface area (Å²) in [4.78, 5) is 13.0. The zero-order valence-electron chi connectivity index (χ0n) is 17.6. The Balaban J connectivity index is 1.84. The van der Waals surface area contributed by atoms with Crippen LogP contribution in [-0.4, -0.2) is 31.2 Å². The topological polar surface area (TPSA) is 66.5 Å². The van der Waals surface area contributed by atoms with E-state index in [-0.39, 0.29) is 29.9 Å². The van der Waals surface area contributed by atoms with E-state index in [0.29, 0.717) is 15.6 Å². The highest BCUT2D eigenvalue weighted by Gasteiger charge is 2.28. The lowest BCUT2D eigenvalue weighted by atomic mass is 10.1. The quantitative estimate of drug-likeness (QED) is 0.542. The maximum Gasteiger partial charge on any atom is 0.243 e. The van der Waals surface area contributed by atoms with Gasteiger partial charge in [-0.1, -0.05) is 72.6 Å². The summed E-state index contributed by atoms with van der Waals surface area (Å²) in [6, 6.07) is 11.6. The number of hydrogen-bond acceptors (Lipinski definition) is 3. The summed E-state index contributed by atoms with van der Waals surface area (Å²) < 4.78 is 28.0. The first-order valence-electron chi connectivity index (χ1n) is 10.6. The van der Waals surface area contributed by atoms with E-state index in [1.54, 1.807) is 42.5 Å². The van der Waals surface area contributed by atoms with E-state index >= 15 is 0 Å². The van der Waals surface area contributed by atoms with Crippen molar-refractivity contribution in [2.45, 2.75) is 62.9 Å². The van der Waals surface area contributed by atoms with Gasteiger partial charge in [-0.05, 0) is 49.6 Å². The fraction of sp³-hybridized carbons (Fsp3) is 0.435. The number of carbonyl (C=O) groups excluding carboxylic acids is 1. The van der Waals surface area contributed by atoms with E-state index in [1.165, 1.54) is 17.1 Å². The second-order valence-electron chi connectivity index (χ2n) is 8.08. The molecule has 31 heavy (non-hydrogen) atoms. The van der Waals surface area contributed by atoms with Crippen LogP contribution in [0.15, 0.2) is 47.4 Å².